The Balaban J connectivity index is 1.91. The maximum absolute atomic E-state index is 14.1. The summed E-state index contributed by atoms with van der Waals surface area (Å²) in [6.45, 7) is 0.536. The molecule has 0 unspecified atom stereocenters. The fourth-order valence-electron chi connectivity index (χ4n) is 1.90. The van der Waals surface area contributed by atoms with Crippen LogP contribution in [0.15, 0.2) is 40.9 Å². The fraction of sp³-hybridized carbons (Fsp3) is 0.143. The van der Waals surface area contributed by atoms with Crippen molar-refractivity contribution in [2.45, 2.75) is 6.42 Å². The van der Waals surface area contributed by atoms with Gasteiger partial charge >= 0.3 is 0 Å². The van der Waals surface area contributed by atoms with Gasteiger partial charge in [0.1, 0.15) is 5.75 Å². The Morgan fingerprint density at radius 1 is 1.11 bits per heavy atom. The van der Waals surface area contributed by atoms with Crippen molar-refractivity contribution < 1.29 is 13.9 Å². The minimum atomic E-state index is -0.423. The highest BCUT2D eigenvalue weighted by molar-refractivity contribution is 9.10. The first-order valence-corrected chi connectivity index (χ1v) is 6.41. The van der Waals surface area contributed by atoms with E-state index < -0.39 is 5.82 Å². The fourth-order valence-corrected chi connectivity index (χ4v) is 2.17. The lowest BCUT2D eigenvalue weighted by Crippen LogP contribution is -1.92. The third-order valence-electron chi connectivity index (χ3n) is 2.80. The SMILES string of the molecule is Fc1c(Oc2ccc(Br)cc2)ccc2c1OCC2. The second-order valence-corrected chi connectivity index (χ2v) is 4.94. The zero-order chi connectivity index (χ0) is 12.5. The van der Waals surface area contributed by atoms with E-state index in [-0.39, 0.29) is 5.75 Å². The van der Waals surface area contributed by atoms with Crippen LogP contribution in [0.5, 0.6) is 17.2 Å². The molecule has 0 saturated heterocycles. The van der Waals surface area contributed by atoms with Gasteiger partial charge in [0.2, 0.25) is 5.82 Å². The van der Waals surface area contributed by atoms with Crippen LogP contribution in [0.3, 0.4) is 0 Å². The lowest BCUT2D eigenvalue weighted by atomic mass is 10.1. The van der Waals surface area contributed by atoms with Crippen LogP contribution in [0.4, 0.5) is 4.39 Å². The van der Waals surface area contributed by atoms with E-state index >= 15 is 0 Å². The van der Waals surface area contributed by atoms with Gasteiger partial charge in [0.05, 0.1) is 6.61 Å². The molecule has 0 aliphatic carbocycles. The van der Waals surface area contributed by atoms with Crippen LogP contribution in [-0.2, 0) is 6.42 Å². The summed E-state index contributed by atoms with van der Waals surface area (Å²) in [5.41, 5.74) is 0.899. The Morgan fingerprint density at radius 2 is 1.89 bits per heavy atom. The maximum Gasteiger partial charge on any atom is 0.207 e. The van der Waals surface area contributed by atoms with E-state index in [2.05, 4.69) is 15.9 Å². The predicted molar refractivity (Wildman–Crippen MR) is 69.8 cm³/mol. The van der Waals surface area contributed by atoms with Crippen molar-refractivity contribution in [1.29, 1.82) is 0 Å². The molecule has 0 fully saturated rings. The highest BCUT2D eigenvalue weighted by Crippen LogP contribution is 2.36. The second-order valence-electron chi connectivity index (χ2n) is 4.02. The van der Waals surface area contributed by atoms with Crippen LogP contribution < -0.4 is 9.47 Å². The highest BCUT2D eigenvalue weighted by atomic mass is 79.9. The molecule has 4 heteroatoms. The van der Waals surface area contributed by atoms with E-state index in [1.165, 1.54) is 0 Å². The van der Waals surface area contributed by atoms with E-state index in [9.17, 15) is 4.39 Å². The van der Waals surface area contributed by atoms with Gasteiger partial charge in [0.15, 0.2) is 11.5 Å². The van der Waals surface area contributed by atoms with Gasteiger partial charge in [-0.25, -0.2) is 0 Å². The van der Waals surface area contributed by atoms with Gasteiger partial charge in [0, 0.05) is 16.5 Å². The molecule has 0 bridgehead atoms. The number of ether oxygens (including phenoxy) is 2. The summed E-state index contributed by atoms with van der Waals surface area (Å²) in [5, 5.41) is 0. The van der Waals surface area contributed by atoms with E-state index in [4.69, 9.17) is 9.47 Å². The first kappa shape index (κ1) is 11.5. The summed E-state index contributed by atoms with van der Waals surface area (Å²) < 4.78 is 25.8. The Morgan fingerprint density at radius 3 is 2.67 bits per heavy atom. The molecule has 2 aromatic rings. The number of hydrogen-bond acceptors (Lipinski definition) is 2. The number of fused-ring (bicyclic) bond motifs is 1. The Hall–Kier alpha value is -1.55. The number of rotatable bonds is 2. The molecule has 0 saturated carbocycles. The monoisotopic (exact) mass is 308 g/mol. The normalized spacial score (nSPS) is 13.0. The van der Waals surface area contributed by atoms with Crippen LogP contribution in [0.1, 0.15) is 5.56 Å². The average Bonchev–Trinajstić information content (AvgIpc) is 2.84. The molecular weight excluding hydrogens is 299 g/mol. The molecule has 1 aliphatic heterocycles. The molecule has 0 radical (unpaired) electrons. The van der Waals surface area contributed by atoms with Gasteiger partial charge in [-0.3, -0.25) is 0 Å². The molecule has 0 spiro atoms. The molecular formula is C14H10BrFO2. The highest BCUT2D eigenvalue weighted by Gasteiger charge is 2.20. The molecule has 18 heavy (non-hydrogen) atoms. The molecule has 92 valence electrons. The van der Waals surface area contributed by atoms with Crippen LogP contribution in [0.25, 0.3) is 0 Å². The first-order chi connectivity index (χ1) is 8.74. The van der Waals surface area contributed by atoms with Gasteiger partial charge < -0.3 is 9.47 Å². The molecule has 3 rings (SSSR count). The summed E-state index contributed by atoms with van der Waals surface area (Å²) in [5.74, 6) is 0.686. The van der Waals surface area contributed by atoms with Gasteiger partial charge in [-0.15, -0.1) is 0 Å². The van der Waals surface area contributed by atoms with Crippen molar-refractivity contribution in [3.63, 3.8) is 0 Å². The zero-order valence-corrected chi connectivity index (χ0v) is 11.0. The third kappa shape index (κ3) is 2.08. The lowest BCUT2D eigenvalue weighted by Gasteiger charge is -2.09. The molecule has 1 heterocycles. The summed E-state index contributed by atoms with van der Waals surface area (Å²) in [6, 6.07) is 10.7. The van der Waals surface area contributed by atoms with E-state index in [1.807, 2.05) is 18.2 Å². The number of halogens is 2. The molecule has 2 aromatic carbocycles. The summed E-state index contributed by atoms with van der Waals surface area (Å²) in [7, 11) is 0. The van der Waals surface area contributed by atoms with E-state index in [0.29, 0.717) is 18.1 Å². The molecule has 0 amide bonds. The third-order valence-corrected chi connectivity index (χ3v) is 3.33. The molecule has 0 N–H and O–H groups in total. The number of hydrogen-bond donors (Lipinski definition) is 0. The van der Waals surface area contributed by atoms with Crippen molar-refractivity contribution in [3.05, 3.63) is 52.3 Å². The quantitative estimate of drug-likeness (QED) is 0.823. The standard InChI is InChI=1S/C14H10BrFO2/c15-10-2-4-11(5-3-10)18-12-6-1-9-7-8-17-14(9)13(12)16/h1-6H,7-8H2. The summed E-state index contributed by atoms with van der Waals surface area (Å²) in [4.78, 5) is 0. The molecule has 0 aromatic heterocycles. The number of benzene rings is 2. The van der Waals surface area contributed by atoms with E-state index in [1.54, 1.807) is 18.2 Å². The zero-order valence-electron chi connectivity index (χ0n) is 9.45. The Bertz CT molecular complexity index is 581. The second kappa shape index (κ2) is 4.61. The van der Waals surface area contributed by atoms with Gasteiger partial charge in [0.25, 0.3) is 0 Å². The van der Waals surface area contributed by atoms with Gasteiger partial charge in [-0.1, -0.05) is 22.0 Å². The Kier molecular flexibility index (Phi) is 2.96. The summed E-state index contributed by atoms with van der Waals surface area (Å²) >= 11 is 3.34. The Labute approximate surface area is 112 Å². The summed E-state index contributed by atoms with van der Waals surface area (Å²) in [6.07, 6.45) is 0.755. The van der Waals surface area contributed by atoms with Crippen molar-refractivity contribution >= 4 is 15.9 Å². The van der Waals surface area contributed by atoms with Crippen LogP contribution >= 0.6 is 15.9 Å². The molecule has 1 aliphatic rings. The largest absolute Gasteiger partial charge is 0.490 e. The average molecular weight is 309 g/mol. The lowest BCUT2D eigenvalue weighted by molar-refractivity contribution is 0.331. The molecule has 2 nitrogen and oxygen atoms in total. The van der Waals surface area contributed by atoms with Crippen LogP contribution in [0, 0.1) is 5.82 Å². The predicted octanol–water partition coefficient (Wildman–Crippen LogP) is 4.32. The van der Waals surface area contributed by atoms with Crippen molar-refractivity contribution in [1.82, 2.24) is 0 Å². The van der Waals surface area contributed by atoms with Gasteiger partial charge in [-0.05, 0) is 30.3 Å². The minimum absolute atomic E-state index is 0.193. The molecule has 0 atom stereocenters. The minimum Gasteiger partial charge on any atom is -0.490 e. The van der Waals surface area contributed by atoms with Crippen molar-refractivity contribution in [2.24, 2.45) is 0 Å². The first-order valence-electron chi connectivity index (χ1n) is 5.61. The van der Waals surface area contributed by atoms with Gasteiger partial charge in [-0.2, -0.15) is 4.39 Å². The maximum atomic E-state index is 14.1. The smallest absolute Gasteiger partial charge is 0.207 e. The van der Waals surface area contributed by atoms with E-state index in [0.717, 1.165) is 16.5 Å². The van der Waals surface area contributed by atoms with Crippen molar-refractivity contribution in [3.8, 4) is 17.2 Å². The topological polar surface area (TPSA) is 18.5 Å². The van der Waals surface area contributed by atoms with Crippen molar-refractivity contribution in [2.75, 3.05) is 6.61 Å². The van der Waals surface area contributed by atoms with Crippen LogP contribution in [-0.4, -0.2) is 6.61 Å². The van der Waals surface area contributed by atoms with Crippen LogP contribution in [0.2, 0.25) is 0 Å².